The Morgan fingerprint density at radius 2 is 2.08 bits per heavy atom. The molecule has 0 amide bonds. The molecule has 0 radical (unpaired) electrons. The van der Waals surface area contributed by atoms with Crippen molar-refractivity contribution in [2.75, 3.05) is 6.61 Å². The summed E-state index contributed by atoms with van der Waals surface area (Å²) in [6.07, 6.45) is 10.6. The molecule has 0 bridgehead atoms. The standard InChI is InChI=1S/C20H34O5/c1-2-3-4-8-15(21)10-11-16-17(22)12-18-20(16)14(13-25-18)7-5-6-9-19(23)24/h10-11,14-18,20-22H,2-9,12-13H2,1H3,(H,23,24). The average molecular weight is 354 g/mol. The van der Waals surface area contributed by atoms with Crippen LogP contribution in [0.15, 0.2) is 12.2 Å². The van der Waals surface area contributed by atoms with Gasteiger partial charge in [-0.2, -0.15) is 0 Å². The molecule has 1 saturated heterocycles. The number of unbranched alkanes of at least 4 members (excludes halogenated alkanes) is 3. The lowest BCUT2D eigenvalue weighted by Crippen LogP contribution is -2.24. The SMILES string of the molecule is CCCCCC(O)C=CC1C(O)CC2OCC(CCCCC(=O)O)C21. The number of rotatable bonds is 11. The molecular formula is C20H34O5. The summed E-state index contributed by atoms with van der Waals surface area (Å²) in [7, 11) is 0. The maximum atomic E-state index is 10.6. The minimum Gasteiger partial charge on any atom is -0.481 e. The van der Waals surface area contributed by atoms with E-state index in [4.69, 9.17) is 9.84 Å². The van der Waals surface area contributed by atoms with Crippen LogP contribution in [-0.2, 0) is 9.53 Å². The number of ether oxygens (including phenoxy) is 1. The molecule has 3 N–H and O–H groups in total. The number of fused-ring (bicyclic) bond motifs is 1. The molecule has 2 aliphatic rings. The first-order chi connectivity index (χ1) is 12.0. The van der Waals surface area contributed by atoms with E-state index in [0.29, 0.717) is 31.3 Å². The fourth-order valence-corrected chi connectivity index (χ4v) is 4.38. The van der Waals surface area contributed by atoms with Crippen LogP contribution in [0.3, 0.4) is 0 Å². The molecule has 1 aliphatic carbocycles. The van der Waals surface area contributed by atoms with Crippen molar-refractivity contribution in [2.24, 2.45) is 17.8 Å². The second-order valence-corrected chi connectivity index (χ2v) is 7.68. The highest BCUT2D eigenvalue weighted by atomic mass is 16.5. The number of hydrogen-bond donors (Lipinski definition) is 3. The molecule has 0 aromatic heterocycles. The van der Waals surface area contributed by atoms with Gasteiger partial charge in [0.05, 0.1) is 24.9 Å². The van der Waals surface area contributed by atoms with Gasteiger partial charge in [-0.05, 0) is 31.1 Å². The zero-order valence-corrected chi connectivity index (χ0v) is 15.3. The fraction of sp³-hybridized carbons (Fsp3) is 0.850. The Balaban J connectivity index is 1.85. The van der Waals surface area contributed by atoms with Gasteiger partial charge in [-0.15, -0.1) is 0 Å². The van der Waals surface area contributed by atoms with E-state index in [0.717, 1.165) is 38.5 Å². The lowest BCUT2D eigenvalue weighted by atomic mass is 9.81. The number of aliphatic hydroxyl groups is 2. The van der Waals surface area contributed by atoms with Gasteiger partial charge in [0.25, 0.3) is 0 Å². The summed E-state index contributed by atoms with van der Waals surface area (Å²) in [5.74, 6) is -0.0331. The lowest BCUT2D eigenvalue weighted by Gasteiger charge is -2.23. The lowest BCUT2D eigenvalue weighted by molar-refractivity contribution is -0.137. The third-order valence-electron chi connectivity index (χ3n) is 5.74. The Hall–Kier alpha value is -0.910. The van der Waals surface area contributed by atoms with E-state index in [-0.39, 0.29) is 18.4 Å². The number of carbonyl (C=O) groups is 1. The highest BCUT2D eigenvalue weighted by Gasteiger charge is 2.49. The van der Waals surface area contributed by atoms with Crippen molar-refractivity contribution in [3.8, 4) is 0 Å². The molecule has 2 fully saturated rings. The quantitative estimate of drug-likeness (QED) is 0.392. The van der Waals surface area contributed by atoms with Crippen LogP contribution >= 0.6 is 0 Å². The van der Waals surface area contributed by atoms with E-state index < -0.39 is 18.2 Å². The molecule has 0 aromatic rings. The van der Waals surface area contributed by atoms with Crippen molar-refractivity contribution in [1.82, 2.24) is 0 Å². The van der Waals surface area contributed by atoms with Crippen molar-refractivity contribution in [1.29, 1.82) is 0 Å². The second kappa shape index (κ2) is 10.3. The third-order valence-corrected chi connectivity index (χ3v) is 5.74. The number of carboxylic acid groups (broad SMARTS) is 1. The molecular weight excluding hydrogens is 320 g/mol. The van der Waals surface area contributed by atoms with E-state index in [1.165, 1.54) is 0 Å². The van der Waals surface area contributed by atoms with Crippen molar-refractivity contribution in [2.45, 2.75) is 83.0 Å². The van der Waals surface area contributed by atoms with Crippen molar-refractivity contribution in [3.05, 3.63) is 12.2 Å². The van der Waals surface area contributed by atoms with Gasteiger partial charge in [0, 0.05) is 18.8 Å². The van der Waals surface area contributed by atoms with Crippen molar-refractivity contribution >= 4 is 5.97 Å². The number of aliphatic hydroxyl groups excluding tert-OH is 2. The topological polar surface area (TPSA) is 87.0 Å². The van der Waals surface area contributed by atoms with Gasteiger partial charge in [-0.3, -0.25) is 4.79 Å². The Labute approximate surface area is 151 Å². The van der Waals surface area contributed by atoms with Crippen LogP contribution in [0.1, 0.15) is 64.7 Å². The summed E-state index contributed by atoms with van der Waals surface area (Å²) in [6, 6.07) is 0. The molecule has 5 heteroatoms. The van der Waals surface area contributed by atoms with Gasteiger partial charge in [-0.25, -0.2) is 0 Å². The first-order valence-corrected chi connectivity index (χ1v) is 9.90. The second-order valence-electron chi connectivity index (χ2n) is 7.68. The molecule has 6 unspecified atom stereocenters. The van der Waals surface area contributed by atoms with E-state index in [2.05, 4.69) is 6.92 Å². The number of hydrogen-bond acceptors (Lipinski definition) is 4. The predicted octanol–water partition coefficient (Wildman–Crippen LogP) is 3.14. The minimum absolute atomic E-state index is 0.0396. The Bertz CT molecular complexity index is 436. The van der Waals surface area contributed by atoms with Gasteiger partial charge >= 0.3 is 5.97 Å². The van der Waals surface area contributed by atoms with E-state index in [9.17, 15) is 15.0 Å². The molecule has 6 atom stereocenters. The van der Waals surface area contributed by atoms with Crippen LogP contribution in [0.25, 0.3) is 0 Å². The molecule has 1 aliphatic heterocycles. The minimum atomic E-state index is -0.741. The van der Waals surface area contributed by atoms with Crippen molar-refractivity contribution < 1.29 is 24.9 Å². The molecule has 1 saturated carbocycles. The van der Waals surface area contributed by atoms with Crippen LogP contribution in [-0.4, -0.2) is 46.2 Å². The van der Waals surface area contributed by atoms with Gasteiger partial charge in [0.15, 0.2) is 0 Å². The van der Waals surface area contributed by atoms with Gasteiger partial charge in [-0.1, -0.05) is 44.8 Å². The maximum absolute atomic E-state index is 10.6. The van der Waals surface area contributed by atoms with Gasteiger partial charge < -0.3 is 20.1 Å². The third kappa shape index (κ3) is 6.08. The zero-order chi connectivity index (χ0) is 18.2. The molecule has 25 heavy (non-hydrogen) atoms. The molecule has 0 spiro atoms. The average Bonchev–Trinajstić information content (AvgIpc) is 3.08. The molecule has 1 heterocycles. The molecule has 2 rings (SSSR count). The van der Waals surface area contributed by atoms with Crippen LogP contribution in [0.2, 0.25) is 0 Å². The molecule has 0 aromatic carbocycles. The van der Waals surface area contributed by atoms with Crippen LogP contribution in [0.5, 0.6) is 0 Å². The summed E-state index contributed by atoms with van der Waals surface area (Å²) in [4.78, 5) is 10.6. The van der Waals surface area contributed by atoms with Gasteiger partial charge in [0.1, 0.15) is 0 Å². The normalized spacial score (nSPS) is 33.0. The summed E-state index contributed by atoms with van der Waals surface area (Å²) >= 11 is 0. The first-order valence-electron chi connectivity index (χ1n) is 9.90. The van der Waals surface area contributed by atoms with Crippen molar-refractivity contribution in [3.63, 3.8) is 0 Å². The number of carboxylic acids is 1. The predicted molar refractivity (Wildman–Crippen MR) is 96.2 cm³/mol. The first kappa shape index (κ1) is 20.4. The summed E-state index contributed by atoms with van der Waals surface area (Å²) in [5.41, 5.74) is 0. The molecule has 5 nitrogen and oxygen atoms in total. The highest BCUT2D eigenvalue weighted by Crippen LogP contribution is 2.46. The summed E-state index contributed by atoms with van der Waals surface area (Å²) in [6.45, 7) is 2.85. The Morgan fingerprint density at radius 1 is 1.28 bits per heavy atom. The van der Waals surface area contributed by atoms with Crippen LogP contribution in [0.4, 0.5) is 0 Å². The fourth-order valence-electron chi connectivity index (χ4n) is 4.38. The zero-order valence-electron chi connectivity index (χ0n) is 15.3. The maximum Gasteiger partial charge on any atom is 0.303 e. The van der Waals surface area contributed by atoms with Crippen LogP contribution < -0.4 is 0 Å². The summed E-state index contributed by atoms with van der Waals surface area (Å²) < 4.78 is 5.88. The Kier molecular flexibility index (Phi) is 8.40. The van der Waals surface area contributed by atoms with E-state index in [1.54, 1.807) is 0 Å². The van der Waals surface area contributed by atoms with Crippen LogP contribution in [0, 0.1) is 17.8 Å². The smallest absolute Gasteiger partial charge is 0.303 e. The molecule has 144 valence electrons. The summed E-state index contributed by atoms with van der Waals surface area (Å²) in [5, 5.41) is 29.2. The van der Waals surface area contributed by atoms with E-state index in [1.807, 2.05) is 12.2 Å². The number of aliphatic carboxylic acids is 1. The highest BCUT2D eigenvalue weighted by molar-refractivity contribution is 5.66. The monoisotopic (exact) mass is 354 g/mol. The van der Waals surface area contributed by atoms with Gasteiger partial charge in [0.2, 0.25) is 0 Å². The van der Waals surface area contributed by atoms with E-state index >= 15 is 0 Å². The Morgan fingerprint density at radius 3 is 2.80 bits per heavy atom. The largest absolute Gasteiger partial charge is 0.481 e.